The first-order valence-electron chi connectivity index (χ1n) is 6.01. The third kappa shape index (κ3) is 2.93. The van der Waals surface area contributed by atoms with Crippen LogP contribution < -0.4 is 10.5 Å². The van der Waals surface area contributed by atoms with E-state index in [1.165, 1.54) is 0 Å². The van der Waals surface area contributed by atoms with Crippen molar-refractivity contribution >= 4 is 15.9 Å². The first-order valence-corrected chi connectivity index (χ1v) is 6.81. The number of rotatable bonds is 5. The predicted octanol–water partition coefficient (Wildman–Crippen LogP) is 1.90. The molecule has 0 amide bonds. The average molecular weight is 326 g/mol. The monoisotopic (exact) mass is 325 g/mol. The van der Waals surface area contributed by atoms with Crippen molar-refractivity contribution in [2.45, 2.75) is 25.9 Å². The summed E-state index contributed by atoms with van der Waals surface area (Å²) in [6.07, 6.45) is 2.74. The van der Waals surface area contributed by atoms with Gasteiger partial charge in [-0.3, -0.25) is 4.68 Å². The van der Waals surface area contributed by atoms with Crippen LogP contribution in [0.1, 0.15) is 30.8 Å². The van der Waals surface area contributed by atoms with Gasteiger partial charge < -0.3 is 10.5 Å². The third-order valence-electron chi connectivity index (χ3n) is 2.75. The van der Waals surface area contributed by atoms with Gasteiger partial charge in [0.1, 0.15) is 0 Å². The molecule has 2 N–H and O–H groups in total. The van der Waals surface area contributed by atoms with Crippen molar-refractivity contribution in [1.82, 2.24) is 20.0 Å². The zero-order chi connectivity index (χ0) is 13.8. The molecule has 0 radical (unpaired) electrons. The number of aromatic nitrogens is 4. The summed E-state index contributed by atoms with van der Waals surface area (Å²) in [5, 5.41) is 12.3. The molecule has 2 aromatic heterocycles. The summed E-state index contributed by atoms with van der Waals surface area (Å²) in [5.74, 6) is 0.470. The lowest BCUT2D eigenvalue weighted by Gasteiger charge is -2.14. The highest BCUT2D eigenvalue weighted by molar-refractivity contribution is 9.10. The number of methoxy groups -OCH3 is 1. The molecular formula is C12H16BrN5O. The summed E-state index contributed by atoms with van der Waals surface area (Å²) >= 11 is 3.48. The SMILES string of the molecule is CCCn1ncc(Br)c1C(N)c1ccc(OC)nn1. The van der Waals surface area contributed by atoms with Gasteiger partial charge in [-0.1, -0.05) is 6.92 Å². The molecule has 2 heterocycles. The molecule has 7 heteroatoms. The Bertz CT molecular complexity index is 540. The van der Waals surface area contributed by atoms with Crippen LogP contribution >= 0.6 is 15.9 Å². The van der Waals surface area contributed by atoms with Crippen molar-refractivity contribution in [3.05, 3.63) is 34.2 Å². The fourth-order valence-electron chi connectivity index (χ4n) is 1.82. The van der Waals surface area contributed by atoms with Crippen molar-refractivity contribution in [1.29, 1.82) is 0 Å². The van der Waals surface area contributed by atoms with E-state index in [1.807, 2.05) is 10.7 Å². The zero-order valence-electron chi connectivity index (χ0n) is 10.9. The van der Waals surface area contributed by atoms with Gasteiger partial charge in [0.05, 0.1) is 35.2 Å². The van der Waals surface area contributed by atoms with Gasteiger partial charge in [0, 0.05) is 12.6 Å². The molecule has 2 aromatic rings. The highest BCUT2D eigenvalue weighted by Crippen LogP contribution is 2.26. The Labute approximate surface area is 120 Å². The Morgan fingerprint density at radius 1 is 1.42 bits per heavy atom. The van der Waals surface area contributed by atoms with Crippen LogP contribution in [0.5, 0.6) is 5.88 Å². The van der Waals surface area contributed by atoms with Crippen molar-refractivity contribution in [3.63, 3.8) is 0 Å². The molecule has 1 atom stereocenters. The zero-order valence-corrected chi connectivity index (χ0v) is 12.5. The van der Waals surface area contributed by atoms with E-state index in [2.05, 4.69) is 38.1 Å². The average Bonchev–Trinajstić information content (AvgIpc) is 2.80. The Morgan fingerprint density at radius 2 is 2.21 bits per heavy atom. The minimum absolute atomic E-state index is 0.373. The Kier molecular flexibility index (Phi) is 4.49. The van der Waals surface area contributed by atoms with Crippen LogP contribution in [-0.4, -0.2) is 27.1 Å². The van der Waals surface area contributed by atoms with Gasteiger partial charge in [-0.05, 0) is 28.4 Å². The minimum Gasteiger partial charge on any atom is -0.480 e. The first-order chi connectivity index (χ1) is 9.17. The summed E-state index contributed by atoms with van der Waals surface area (Å²) < 4.78 is 7.75. The van der Waals surface area contributed by atoms with E-state index >= 15 is 0 Å². The minimum atomic E-state index is -0.373. The molecule has 0 saturated heterocycles. The van der Waals surface area contributed by atoms with Gasteiger partial charge in [-0.15, -0.1) is 10.2 Å². The van der Waals surface area contributed by atoms with Crippen LogP contribution in [-0.2, 0) is 6.54 Å². The summed E-state index contributed by atoms with van der Waals surface area (Å²) in [6.45, 7) is 2.91. The molecule has 6 nitrogen and oxygen atoms in total. The van der Waals surface area contributed by atoms with E-state index in [4.69, 9.17) is 10.5 Å². The largest absolute Gasteiger partial charge is 0.480 e. The maximum absolute atomic E-state index is 6.25. The molecule has 102 valence electrons. The Morgan fingerprint density at radius 3 is 2.79 bits per heavy atom. The standard InChI is InChI=1S/C12H16BrN5O/c1-3-6-18-12(8(13)7-15-18)11(14)9-4-5-10(19-2)17-16-9/h4-5,7,11H,3,6,14H2,1-2H3. The molecule has 0 fully saturated rings. The lowest BCUT2D eigenvalue weighted by molar-refractivity contribution is 0.390. The lowest BCUT2D eigenvalue weighted by atomic mass is 10.1. The van der Waals surface area contributed by atoms with Gasteiger partial charge in [0.25, 0.3) is 0 Å². The molecule has 0 aliphatic carbocycles. The molecule has 0 bridgehead atoms. The van der Waals surface area contributed by atoms with E-state index in [0.29, 0.717) is 11.6 Å². The summed E-state index contributed by atoms with van der Waals surface area (Å²) in [7, 11) is 1.55. The van der Waals surface area contributed by atoms with Crippen molar-refractivity contribution < 1.29 is 4.74 Å². The molecule has 0 aliphatic rings. The van der Waals surface area contributed by atoms with E-state index < -0.39 is 0 Å². The summed E-state index contributed by atoms with van der Waals surface area (Å²) in [4.78, 5) is 0. The number of aryl methyl sites for hydroxylation is 1. The normalized spacial score (nSPS) is 12.4. The third-order valence-corrected chi connectivity index (χ3v) is 3.36. The molecule has 0 spiro atoms. The molecule has 0 aliphatic heterocycles. The molecule has 1 unspecified atom stereocenters. The maximum Gasteiger partial charge on any atom is 0.233 e. The predicted molar refractivity (Wildman–Crippen MR) is 74.8 cm³/mol. The summed E-state index contributed by atoms with van der Waals surface area (Å²) in [6, 6.07) is 3.19. The lowest BCUT2D eigenvalue weighted by Crippen LogP contribution is -2.19. The van der Waals surface area contributed by atoms with Crippen LogP contribution in [0.2, 0.25) is 0 Å². The van der Waals surface area contributed by atoms with Crippen LogP contribution in [0.25, 0.3) is 0 Å². The highest BCUT2D eigenvalue weighted by atomic mass is 79.9. The number of halogens is 1. The second-order valence-electron chi connectivity index (χ2n) is 4.08. The van der Waals surface area contributed by atoms with Crippen molar-refractivity contribution in [2.75, 3.05) is 7.11 Å². The fourth-order valence-corrected chi connectivity index (χ4v) is 2.36. The highest BCUT2D eigenvalue weighted by Gasteiger charge is 2.19. The summed E-state index contributed by atoms with van der Waals surface area (Å²) in [5.41, 5.74) is 7.83. The second kappa shape index (κ2) is 6.12. The first kappa shape index (κ1) is 14.0. The number of hydrogen-bond donors (Lipinski definition) is 1. The van der Waals surface area contributed by atoms with Gasteiger partial charge in [-0.2, -0.15) is 5.10 Å². The number of hydrogen-bond acceptors (Lipinski definition) is 5. The Balaban J connectivity index is 2.31. The van der Waals surface area contributed by atoms with E-state index in [9.17, 15) is 0 Å². The van der Waals surface area contributed by atoms with Gasteiger partial charge in [0.15, 0.2) is 0 Å². The number of nitrogens with zero attached hydrogens (tertiary/aromatic N) is 4. The van der Waals surface area contributed by atoms with Crippen LogP contribution in [0, 0.1) is 0 Å². The molecular weight excluding hydrogens is 310 g/mol. The molecule has 0 aromatic carbocycles. The maximum atomic E-state index is 6.25. The fraction of sp³-hybridized carbons (Fsp3) is 0.417. The van der Waals surface area contributed by atoms with Crippen LogP contribution in [0.15, 0.2) is 22.8 Å². The van der Waals surface area contributed by atoms with Crippen molar-refractivity contribution in [3.8, 4) is 5.88 Å². The van der Waals surface area contributed by atoms with Crippen LogP contribution in [0.4, 0.5) is 0 Å². The van der Waals surface area contributed by atoms with E-state index in [-0.39, 0.29) is 6.04 Å². The molecule has 19 heavy (non-hydrogen) atoms. The second-order valence-corrected chi connectivity index (χ2v) is 4.93. The smallest absolute Gasteiger partial charge is 0.233 e. The van der Waals surface area contributed by atoms with Crippen molar-refractivity contribution in [2.24, 2.45) is 5.73 Å². The van der Waals surface area contributed by atoms with E-state index in [1.54, 1.807) is 19.4 Å². The quantitative estimate of drug-likeness (QED) is 0.908. The molecule has 2 rings (SSSR count). The van der Waals surface area contributed by atoms with Gasteiger partial charge >= 0.3 is 0 Å². The van der Waals surface area contributed by atoms with Gasteiger partial charge in [-0.25, -0.2) is 0 Å². The topological polar surface area (TPSA) is 78.9 Å². The number of ether oxygens (including phenoxy) is 1. The Hall–Kier alpha value is -1.47. The van der Waals surface area contributed by atoms with E-state index in [0.717, 1.165) is 23.1 Å². The van der Waals surface area contributed by atoms with Crippen LogP contribution in [0.3, 0.4) is 0 Å². The van der Waals surface area contributed by atoms with Gasteiger partial charge in [0.2, 0.25) is 5.88 Å². The molecule has 0 saturated carbocycles. The number of nitrogens with two attached hydrogens (primary N) is 1.